The summed E-state index contributed by atoms with van der Waals surface area (Å²) < 4.78 is 184. The normalized spacial score (nSPS) is 43.0. The second kappa shape index (κ2) is 36.9. The number of hydrogen-bond acceptors (Lipinski definition) is 39. The van der Waals surface area contributed by atoms with Gasteiger partial charge in [-0.3, -0.25) is 32.5 Å². The van der Waals surface area contributed by atoms with E-state index in [0.29, 0.717) is 0 Å². The van der Waals surface area contributed by atoms with E-state index in [0.717, 1.165) is 34.8 Å². The SMILES string of the molecule is CO[C@H]1OC(COS(=O)(=O)O)[C@@H](O[C@H]2C[C@H](O)[C@@H](O[C@@H]3OC(COS(=O)(=O)O)[C@@H](O[C@H]4C[C@H](O)[C@@H](O[C@@H]5OC(COSO)[C@@H](O[C@H]6C[C@H](O)[C@@H](O[C@@H]7OC(CO)[C@@H](O[C@H]8C[C@H](O)[C@H](O)CO8)[C@H](O)C7NC(C)=O)CO6)[C@H](O)C5NC(C)=O)CO4)[C@H](O)C3NC(C)=O)CO2)[C@H](O)C1NC(C)=O. The van der Waals surface area contributed by atoms with Crippen LogP contribution in [0.4, 0.5) is 0 Å². The van der Waals surface area contributed by atoms with Crippen molar-refractivity contribution in [2.24, 2.45) is 0 Å². The Morgan fingerprint density at radius 2 is 0.710 bits per heavy atom. The topological polar surface area (TPSA) is 623 Å². The molecule has 8 saturated heterocycles. The van der Waals surface area contributed by atoms with Gasteiger partial charge in [0, 0.05) is 60.5 Å². The van der Waals surface area contributed by atoms with Crippen molar-refractivity contribution in [2.45, 2.75) is 250 Å². The Bertz CT molecular complexity index is 2870. The molecular weight excluding hydrogens is 1430 g/mol. The molecular formula is C53H88N4O40S3. The second-order valence-electron chi connectivity index (χ2n) is 24.5. The van der Waals surface area contributed by atoms with Gasteiger partial charge in [0.25, 0.3) is 0 Å². The highest BCUT2D eigenvalue weighted by atomic mass is 32.3. The third kappa shape index (κ3) is 22.5. The largest absolute Gasteiger partial charge is 0.397 e. The summed E-state index contributed by atoms with van der Waals surface area (Å²) in [6.07, 6.45) is -44.6. The lowest BCUT2D eigenvalue weighted by atomic mass is 9.95. The molecule has 0 aliphatic carbocycles. The van der Waals surface area contributed by atoms with Gasteiger partial charge in [-0.05, 0) is 0 Å². The van der Waals surface area contributed by atoms with E-state index in [2.05, 4.69) is 29.6 Å². The van der Waals surface area contributed by atoms with Crippen molar-refractivity contribution >= 4 is 56.8 Å². The van der Waals surface area contributed by atoms with Gasteiger partial charge in [-0.15, -0.1) is 0 Å². The van der Waals surface area contributed by atoms with E-state index in [9.17, 15) is 101 Å². The lowest BCUT2D eigenvalue weighted by molar-refractivity contribution is -0.352. The van der Waals surface area contributed by atoms with Gasteiger partial charge in [0.1, 0.15) is 122 Å². The molecule has 0 saturated carbocycles. The molecule has 8 heterocycles. The van der Waals surface area contributed by atoms with Gasteiger partial charge < -0.3 is 153 Å². The van der Waals surface area contributed by atoms with E-state index in [-0.39, 0.29) is 25.4 Å². The number of aliphatic hydroxyl groups excluding tert-OH is 10. The predicted molar refractivity (Wildman–Crippen MR) is 316 cm³/mol. The second-order valence-corrected chi connectivity index (χ2v) is 27.1. The molecule has 44 nitrogen and oxygen atoms in total. The highest BCUT2D eigenvalue weighted by molar-refractivity contribution is 7.88. The number of nitrogens with one attached hydrogen (secondary N) is 4. The zero-order valence-electron chi connectivity index (χ0n) is 54.0. The van der Waals surface area contributed by atoms with Crippen LogP contribution in [0.2, 0.25) is 0 Å². The zero-order valence-corrected chi connectivity index (χ0v) is 56.5. The van der Waals surface area contributed by atoms with Crippen LogP contribution < -0.4 is 21.3 Å². The van der Waals surface area contributed by atoms with Crippen molar-refractivity contribution in [1.29, 1.82) is 0 Å². The summed E-state index contributed by atoms with van der Waals surface area (Å²) in [4.78, 5) is 49.8. The van der Waals surface area contributed by atoms with Crippen LogP contribution in [-0.4, -0.2) is 362 Å². The lowest BCUT2D eigenvalue weighted by Gasteiger charge is -2.48. The average Bonchev–Trinajstić information content (AvgIpc) is 0.795. The number of ether oxygens (including phenoxy) is 16. The Morgan fingerprint density at radius 1 is 0.420 bits per heavy atom. The maximum Gasteiger partial charge on any atom is 0.397 e. The van der Waals surface area contributed by atoms with Crippen LogP contribution in [-0.2, 0) is 128 Å². The van der Waals surface area contributed by atoms with Crippen LogP contribution >= 0.6 is 12.3 Å². The minimum absolute atomic E-state index is 0.0968. The Balaban J connectivity index is 0.888. The third-order valence-electron chi connectivity index (χ3n) is 17.1. The Kier molecular flexibility index (Phi) is 30.5. The first-order chi connectivity index (χ1) is 47.1. The smallest absolute Gasteiger partial charge is 0.394 e. The van der Waals surface area contributed by atoms with Crippen molar-refractivity contribution < 1.29 is 189 Å². The summed E-state index contributed by atoms with van der Waals surface area (Å²) in [7, 11) is -9.19. The number of hydrogen-bond donors (Lipinski definition) is 17. The van der Waals surface area contributed by atoms with Gasteiger partial charge in [0.2, 0.25) is 23.6 Å². The van der Waals surface area contributed by atoms with Crippen LogP contribution in [0.5, 0.6) is 0 Å². The van der Waals surface area contributed by atoms with Gasteiger partial charge in [0.05, 0.1) is 77.3 Å². The highest BCUT2D eigenvalue weighted by Crippen LogP contribution is 2.37. The molecule has 100 heavy (non-hydrogen) atoms. The number of methoxy groups -OCH3 is 1. The van der Waals surface area contributed by atoms with Gasteiger partial charge in [-0.25, -0.2) is 8.37 Å². The molecule has 0 aromatic carbocycles. The average molecular weight is 1520 g/mol. The number of amides is 4. The standard InChI is InChI=1S/C53H88N4O40S3/c1-18(59)54-38-42(68)48(32(91-50(38)79-5)16-85-99(73,74)75)96-36-8-25(66)30(14-82-36)90-53-41(57-21(4)62)45(71)49(33(93-53)17-86-100(76,77)78)97-37-9-24(65)29(13-83-37)89-52-40(56-20(3)61)44(70)47(31(92-52)15-84-98-72)95-35-7-23(64)28(12-81-35)88-51-39(55-19(2)60)43(69)46(27(10-58)87-51)94-34-6-22(63)26(67)11-80-34/h22-53,58,63-72H,6-17H2,1-5H3,(H,54,59)(H,55,60)(H,56,61)(H,57,62)(H,73,74,75)(H,76,77,78)/t22-,23-,24-,25-,26+,27?,28-,29-,30-,31?,32?,33?,34-,35-,36-,37-,38?,39?,40?,41?,42+,43+,44+,45+,46+,47+,48+,49+,50-,51-,52+,53+/m0/s1. The van der Waals surface area contributed by atoms with Crippen LogP contribution in [0.25, 0.3) is 0 Å². The summed E-state index contributed by atoms with van der Waals surface area (Å²) in [5.74, 6) is -2.84. The number of carbonyl (C=O) groups is 4. The third-order valence-corrected chi connectivity index (χ3v) is 18.2. The van der Waals surface area contributed by atoms with Crippen LogP contribution in [0.1, 0.15) is 53.4 Å². The van der Waals surface area contributed by atoms with Crippen molar-refractivity contribution in [2.75, 3.05) is 60.0 Å². The van der Waals surface area contributed by atoms with Gasteiger partial charge in [-0.1, -0.05) is 0 Å². The van der Waals surface area contributed by atoms with E-state index < -0.39 is 307 Å². The Hall–Kier alpha value is -3.15. The maximum absolute atomic E-state index is 12.7. The Morgan fingerprint density at radius 3 is 1.00 bits per heavy atom. The molecule has 8 unspecified atom stereocenters. The van der Waals surface area contributed by atoms with E-state index in [1.807, 2.05) is 0 Å². The maximum atomic E-state index is 12.7. The summed E-state index contributed by atoms with van der Waals surface area (Å²) in [5, 5.41) is 122. The summed E-state index contributed by atoms with van der Waals surface area (Å²) in [5.41, 5.74) is 0. The van der Waals surface area contributed by atoms with Crippen LogP contribution in [0.15, 0.2) is 0 Å². The van der Waals surface area contributed by atoms with Crippen molar-refractivity contribution in [3.05, 3.63) is 0 Å². The number of carbonyl (C=O) groups excluding carboxylic acids is 4. The van der Waals surface area contributed by atoms with Gasteiger partial charge in [0.15, 0.2) is 62.6 Å². The highest BCUT2D eigenvalue weighted by Gasteiger charge is 2.56. The number of aliphatic hydroxyl groups is 10. The van der Waals surface area contributed by atoms with E-state index in [1.165, 1.54) is 0 Å². The molecule has 0 aromatic heterocycles. The molecule has 0 aromatic rings. The molecule has 0 spiro atoms. The monoisotopic (exact) mass is 1520 g/mol. The fourth-order valence-electron chi connectivity index (χ4n) is 12.3. The van der Waals surface area contributed by atoms with E-state index in [4.69, 9.17) is 80.0 Å². The summed E-state index contributed by atoms with van der Waals surface area (Å²) in [6.45, 7) is -1.02. The predicted octanol–water partition coefficient (Wildman–Crippen LogP) is -9.75. The summed E-state index contributed by atoms with van der Waals surface area (Å²) in [6, 6.07) is -5.94. The first-order valence-electron chi connectivity index (χ1n) is 31.3. The molecule has 0 bridgehead atoms. The lowest BCUT2D eigenvalue weighted by Crippen LogP contribution is -2.68. The quantitative estimate of drug-likeness (QED) is 0.0244. The number of rotatable bonds is 29. The molecule has 17 N–H and O–H groups in total. The fourth-order valence-corrected chi connectivity index (χ4v) is 13.1. The molecule has 0 radical (unpaired) electrons. The molecule has 8 aliphatic heterocycles. The minimum Gasteiger partial charge on any atom is -0.394 e. The first-order valence-corrected chi connectivity index (χ1v) is 34.7. The van der Waals surface area contributed by atoms with Crippen molar-refractivity contribution in [3.63, 3.8) is 0 Å². The molecule has 578 valence electrons. The first kappa shape index (κ1) is 82.5. The fraction of sp³-hybridized carbons (Fsp3) is 0.925. The van der Waals surface area contributed by atoms with Gasteiger partial charge >= 0.3 is 20.8 Å². The van der Waals surface area contributed by atoms with Crippen molar-refractivity contribution in [1.82, 2.24) is 21.3 Å². The molecule has 47 heteroatoms. The molecule has 8 aliphatic rings. The van der Waals surface area contributed by atoms with E-state index in [1.54, 1.807) is 0 Å². The minimum atomic E-state index is -5.27. The molecule has 8 fully saturated rings. The Labute approximate surface area is 575 Å². The summed E-state index contributed by atoms with van der Waals surface area (Å²) >= 11 is -0.0968. The molecule has 8 rings (SSSR count). The van der Waals surface area contributed by atoms with Crippen LogP contribution in [0, 0.1) is 0 Å². The zero-order chi connectivity index (χ0) is 73.2. The molecule has 32 atom stereocenters. The van der Waals surface area contributed by atoms with Crippen molar-refractivity contribution in [3.8, 4) is 0 Å². The van der Waals surface area contributed by atoms with Gasteiger partial charge in [-0.2, -0.15) is 16.8 Å². The molecule has 4 amide bonds. The van der Waals surface area contributed by atoms with Crippen LogP contribution in [0.3, 0.4) is 0 Å². The van der Waals surface area contributed by atoms with E-state index >= 15 is 0 Å².